The fourth-order valence-corrected chi connectivity index (χ4v) is 4.53. The van der Waals surface area contributed by atoms with Gasteiger partial charge in [-0.1, -0.05) is 6.92 Å². The second-order valence-corrected chi connectivity index (χ2v) is 8.40. The zero-order valence-corrected chi connectivity index (χ0v) is 14.7. The smallest absolute Gasteiger partial charge is 0.221 e. The van der Waals surface area contributed by atoms with Crippen LogP contribution in [0.25, 0.3) is 0 Å². The van der Waals surface area contributed by atoms with E-state index in [2.05, 4.69) is 17.3 Å². The van der Waals surface area contributed by atoms with Crippen molar-refractivity contribution in [1.29, 1.82) is 0 Å². The zero-order chi connectivity index (χ0) is 16.9. The molecule has 1 aliphatic heterocycles. The molecule has 1 aromatic heterocycles. The van der Waals surface area contributed by atoms with Gasteiger partial charge in [0.15, 0.2) is 9.84 Å². The normalized spacial score (nSPS) is 20.0. The standard InChI is InChI=1S/C15H26N4O3S/c1-3-6-19-11-13(10-17-19)9-16-15(20)4-7-18(2)14-5-8-23(21,22)12-14/h10-11,14H,3-9,12H2,1-2H3,(H,16,20). The molecule has 2 heterocycles. The molecular formula is C15H26N4O3S. The average molecular weight is 342 g/mol. The molecule has 1 unspecified atom stereocenters. The first-order chi connectivity index (χ1) is 10.9. The van der Waals surface area contributed by atoms with E-state index in [4.69, 9.17) is 0 Å². The van der Waals surface area contributed by atoms with Crippen LogP contribution in [0.1, 0.15) is 31.7 Å². The minimum atomic E-state index is -2.88. The van der Waals surface area contributed by atoms with Crippen molar-refractivity contribution >= 4 is 15.7 Å². The number of hydrogen-bond donors (Lipinski definition) is 1. The van der Waals surface area contributed by atoms with Crippen molar-refractivity contribution in [2.24, 2.45) is 0 Å². The summed E-state index contributed by atoms with van der Waals surface area (Å²) < 4.78 is 24.8. The minimum absolute atomic E-state index is 0.0269. The van der Waals surface area contributed by atoms with Gasteiger partial charge in [0.25, 0.3) is 0 Å². The van der Waals surface area contributed by atoms with Crippen molar-refractivity contribution in [3.63, 3.8) is 0 Å². The average Bonchev–Trinajstić information content (AvgIpc) is 3.09. The Labute approximate surface area is 138 Å². The Hall–Kier alpha value is -1.41. The number of nitrogens with one attached hydrogen (secondary N) is 1. The number of aromatic nitrogens is 2. The molecule has 130 valence electrons. The summed E-state index contributed by atoms with van der Waals surface area (Å²) in [6.07, 6.45) is 5.77. The largest absolute Gasteiger partial charge is 0.352 e. The first-order valence-electron chi connectivity index (χ1n) is 8.08. The highest BCUT2D eigenvalue weighted by Gasteiger charge is 2.30. The molecule has 2 rings (SSSR count). The Bertz CT molecular complexity index is 626. The molecule has 0 aromatic carbocycles. The number of rotatable bonds is 8. The molecule has 0 radical (unpaired) electrons. The summed E-state index contributed by atoms with van der Waals surface area (Å²) >= 11 is 0. The maximum absolute atomic E-state index is 11.9. The predicted molar refractivity (Wildman–Crippen MR) is 88.7 cm³/mol. The van der Waals surface area contributed by atoms with Crippen LogP contribution < -0.4 is 5.32 Å². The van der Waals surface area contributed by atoms with Crippen LogP contribution in [0.2, 0.25) is 0 Å². The molecule has 0 saturated carbocycles. The van der Waals surface area contributed by atoms with E-state index >= 15 is 0 Å². The summed E-state index contributed by atoms with van der Waals surface area (Å²) in [4.78, 5) is 13.9. The van der Waals surface area contributed by atoms with E-state index in [1.165, 1.54) is 0 Å². The van der Waals surface area contributed by atoms with Crippen molar-refractivity contribution in [2.75, 3.05) is 25.1 Å². The minimum Gasteiger partial charge on any atom is -0.352 e. The van der Waals surface area contributed by atoms with Crippen molar-refractivity contribution in [1.82, 2.24) is 20.0 Å². The van der Waals surface area contributed by atoms with Gasteiger partial charge >= 0.3 is 0 Å². The van der Waals surface area contributed by atoms with Crippen LogP contribution in [0, 0.1) is 0 Å². The summed E-state index contributed by atoms with van der Waals surface area (Å²) in [5, 5.41) is 7.10. The van der Waals surface area contributed by atoms with Gasteiger partial charge in [-0.2, -0.15) is 5.10 Å². The molecule has 1 aliphatic rings. The molecule has 0 spiro atoms. The van der Waals surface area contributed by atoms with Gasteiger partial charge in [0, 0.05) is 43.9 Å². The van der Waals surface area contributed by atoms with E-state index in [-0.39, 0.29) is 23.5 Å². The molecule has 1 aromatic rings. The van der Waals surface area contributed by atoms with Gasteiger partial charge in [-0.3, -0.25) is 9.48 Å². The molecule has 1 fully saturated rings. The van der Waals surface area contributed by atoms with Crippen molar-refractivity contribution in [3.05, 3.63) is 18.0 Å². The van der Waals surface area contributed by atoms with Crippen LogP contribution in [0.4, 0.5) is 0 Å². The summed E-state index contributed by atoms with van der Waals surface area (Å²) in [6, 6.07) is 0.0417. The number of carbonyl (C=O) groups is 1. The molecule has 7 nitrogen and oxygen atoms in total. The highest BCUT2D eigenvalue weighted by molar-refractivity contribution is 7.91. The summed E-state index contributed by atoms with van der Waals surface area (Å²) in [5.74, 6) is 0.443. The summed E-state index contributed by atoms with van der Waals surface area (Å²) in [7, 11) is -0.997. The number of hydrogen-bond acceptors (Lipinski definition) is 5. The SMILES string of the molecule is CCCn1cc(CNC(=O)CCN(C)C2CCS(=O)(=O)C2)cn1. The third kappa shape index (κ3) is 5.62. The highest BCUT2D eigenvalue weighted by Crippen LogP contribution is 2.16. The Morgan fingerprint density at radius 1 is 1.52 bits per heavy atom. The topological polar surface area (TPSA) is 84.3 Å². The van der Waals surface area contributed by atoms with E-state index in [1.54, 1.807) is 6.20 Å². The third-order valence-electron chi connectivity index (χ3n) is 4.15. The van der Waals surface area contributed by atoms with Gasteiger partial charge in [-0.05, 0) is 19.9 Å². The second kappa shape index (κ2) is 7.92. The van der Waals surface area contributed by atoms with E-state index < -0.39 is 9.84 Å². The quantitative estimate of drug-likeness (QED) is 0.740. The first kappa shape index (κ1) is 17.9. The van der Waals surface area contributed by atoms with E-state index in [1.807, 2.05) is 22.8 Å². The van der Waals surface area contributed by atoms with Crippen molar-refractivity contribution in [3.8, 4) is 0 Å². The maximum atomic E-state index is 11.9. The lowest BCUT2D eigenvalue weighted by Gasteiger charge is -2.22. The molecule has 0 aliphatic carbocycles. The number of sulfone groups is 1. The fraction of sp³-hybridized carbons (Fsp3) is 0.733. The highest BCUT2D eigenvalue weighted by atomic mass is 32.2. The molecule has 0 bridgehead atoms. The second-order valence-electron chi connectivity index (χ2n) is 6.18. The third-order valence-corrected chi connectivity index (χ3v) is 5.90. The molecule has 1 saturated heterocycles. The van der Waals surface area contributed by atoms with Gasteiger partial charge in [0.05, 0.1) is 17.7 Å². The van der Waals surface area contributed by atoms with Crippen LogP contribution in [0.3, 0.4) is 0 Å². The van der Waals surface area contributed by atoms with E-state index in [9.17, 15) is 13.2 Å². The first-order valence-corrected chi connectivity index (χ1v) is 9.90. The zero-order valence-electron chi connectivity index (χ0n) is 13.9. The molecule has 1 N–H and O–H groups in total. The van der Waals surface area contributed by atoms with Gasteiger partial charge in [0.2, 0.25) is 5.91 Å². The Balaban J connectivity index is 1.68. The molecule has 8 heteroatoms. The van der Waals surface area contributed by atoms with Crippen LogP contribution in [0.5, 0.6) is 0 Å². The van der Waals surface area contributed by atoms with Gasteiger partial charge < -0.3 is 10.2 Å². The lowest BCUT2D eigenvalue weighted by molar-refractivity contribution is -0.121. The van der Waals surface area contributed by atoms with Crippen molar-refractivity contribution < 1.29 is 13.2 Å². The van der Waals surface area contributed by atoms with Crippen molar-refractivity contribution in [2.45, 2.75) is 45.3 Å². The van der Waals surface area contributed by atoms with Crippen LogP contribution in [-0.2, 0) is 27.7 Å². The monoisotopic (exact) mass is 342 g/mol. The molecule has 1 atom stereocenters. The predicted octanol–water partition coefficient (Wildman–Crippen LogP) is 0.418. The maximum Gasteiger partial charge on any atom is 0.221 e. The lowest BCUT2D eigenvalue weighted by atomic mass is 10.2. The molecule has 23 heavy (non-hydrogen) atoms. The Kier molecular flexibility index (Phi) is 6.17. The summed E-state index contributed by atoms with van der Waals surface area (Å²) in [5.41, 5.74) is 0.988. The fourth-order valence-electron chi connectivity index (χ4n) is 2.72. The van der Waals surface area contributed by atoms with Gasteiger partial charge in [-0.25, -0.2) is 8.42 Å². The number of nitrogens with zero attached hydrogens (tertiary/aromatic N) is 3. The molecule has 1 amide bonds. The van der Waals surface area contributed by atoms with Gasteiger partial charge in [-0.15, -0.1) is 0 Å². The Morgan fingerprint density at radius 2 is 2.30 bits per heavy atom. The van der Waals surface area contributed by atoms with E-state index in [0.29, 0.717) is 25.9 Å². The summed E-state index contributed by atoms with van der Waals surface area (Å²) in [6.45, 7) is 4.02. The number of amides is 1. The lowest BCUT2D eigenvalue weighted by Crippen LogP contribution is -2.36. The van der Waals surface area contributed by atoms with E-state index in [0.717, 1.165) is 18.5 Å². The van der Waals surface area contributed by atoms with Crippen LogP contribution in [0.15, 0.2) is 12.4 Å². The Morgan fingerprint density at radius 3 is 2.96 bits per heavy atom. The number of carbonyl (C=O) groups excluding carboxylic acids is 1. The van der Waals surface area contributed by atoms with Crippen LogP contribution >= 0.6 is 0 Å². The van der Waals surface area contributed by atoms with Crippen LogP contribution in [-0.4, -0.2) is 60.1 Å². The van der Waals surface area contributed by atoms with Gasteiger partial charge in [0.1, 0.15) is 0 Å². The number of aryl methyl sites for hydroxylation is 1. The molecular weight excluding hydrogens is 316 g/mol.